The number of rotatable bonds is 5. The Labute approximate surface area is 145 Å². The molecule has 8 heteroatoms. The van der Waals surface area contributed by atoms with Gasteiger partial charge in [-0.05, 0) is 46.7 Å². The lowest BCUT2D eigenvalue weighted by atomic mass is 10.1. The Bertz CT molecular complexity index is 716. The van der Waals surface area contributed by atoms with E-state index < -0.39 is 0 Å². The first-order valence-electron chi connectivity index (χ1n) is 8.40. The summed E-state index contributed by atoms with van der Waals surface area (Å²) in [4.78, 5) is 18.0. The second-order valence-corrected chi connectivity index (χ2v) is 7.48. The van der Waals surface area contributed by atoms with Gasteiger partial charge in [0.05, 0.1) is 22.4 Å². The van der Waals surface area contributed by atoms with Crippen molar-refractivity contribution in [2.45, 2.75) is 46.1 Å². The normalized spacial score (nSPS) is 15.6. The first-order chi connectivity index (χ1) is 11.6. The minimum Gasteiger partial charge on any atom is -0.350 e. The molecule has 7 nitrogen and oxygen atoms in total. The highest BCUT2D eigenvalue weighted by molar-refractivity contribution is 7.11. The van der Waals surface area contributed by atoms with Gasteiger partial charge in [-0.25, -0.2) is 9.67 Å². The van der Waals surface area contributed by atoms with E-state index in [0.29, 0.717) is 18.3 Å². The van der Waals surface area contributed by atoms with Crippen LogP contribution in [-0.4, -0.2) is 45.5 Å². The SMILES string of the molecule is Cc1nc(C)c(CCNC(=O)c2nnn(C3CCNCC3)c2C)s1. The Kier molecular flexibility index (Phi) is 5.25. The quantitative estimate of drug-likeness (QED) is 0.856. The van der Waals surface area contributed by atoms with E-state index in [2.05, 4.69) is 25.9 Å². The zero-order valence-electron chi connectivity index (χ0n) is 14.4. The lowest BCUT2D eigenvalue weighted by molar-refractivity contribution is 0.0948. The van der Waals surface area contributed by atoms with Gasteiger partial charge < -0.3 is 10.6 Å². The van der Waals surface area contributed by atoms with E-state index in [4.69, 9.17) is 0 Å². The number of amides is 1. The molecule has 1 aliphatic heterocycles. The van der Waals surface area contributed by atoms with E-state index in [1.165, 1.54) is 4.88 Å². The maximum atomic E-state index is 12.4. The predicted molar refractivity (Wildman–Crippen MR) is 93.5 cm³/mol. The zero-order valence-corrected chi connectivity index (χ0v) is 15.2. The highest BCUT2D eigenvalue weighted by Gasteiger charge is 2.22. The second-order valence-electron chi connectivity index (χ2n) is 6.20. The van der Waals surface area contributed by atoms with Crippen LogP contribution in [0.15, 0.2) is 0 Å². The van der Waals surface area contributed by atoms with Crippen molar-refractivity contribution < 1.29 is 4.79 Å². The largest absolute Gasteiger partial charge is 0.350 e. The van der Waals surface area contributed by atoms with Crippen LogP contribution < -0.4 is 10.6 Å². The summed E-state index contributed by atoms with van der Waals surface area (Å²) in [5, 5.41) is 15.7. The van der Waals surface area contributed by atoms with Gasteiger partial charge in [0, 0.05) is 17.8 Å². The van der Waals surface area contributed by atoms with Gasteiger partial charge in [-0.15, -0.1) is 16.4 Å². The monoisotopic (exact) mass is 348 g/mol. The summed E-state index contributed by atoms with van der Waals surface area (Å²) in [7, 11) is 0. The molecule has 0 radical (unpaired) electrons. The van der Waals surface area contributed by atoms with Crippen LogP contribution in [0.25, 0.3) is 0 Å². The number of nitrogens with one attached hydrogen (secondary N) is 2. The molecule has 3 heterocycles. The van der Waals surface area contributed by atoms with Crippen molar-refractivity contribution in [2.75, 3.05) is 19.6 Å². The van der Waals surface area contributed by atoms with E-state index in [1.807, 2.05) is 25.5 Å². The average Bonchev–Trinajstić information content (AvgIpc) is 3.10. The maximum Gasteiger partial charge on any atom is 0.273 e. The molecule has 0 aliphatic carbocycles. The third kappa shape index (κ3) is 3.64. The predicted octanol–water partition coefficient (Wildman–Crippen LogP) is 1.56. The summed E-state index contributed by atoms with van der Waals surface area (Å²) in [6, 6.07) is 0.336. The molecule has 0 bridgehead atoms. The summed E-state index contributed by atoms with van der Waals surface area (Å²) >= 11 is 1.69. The number of piperidine rings is 1. The second kappa shape index (κ2) is 7.40. The van der Waals surface area contributed by atoms with Crippen LogP contribution in [0.1, 0.15) is 50.6 Å². The van der Waals surface area contributed by atoms with Crippen LogP contribution in [0.3, 0.4) is 0 Å². The minimum atomic E-state index is -0.147. The molecular weight excluding hydrogens is 324 g/mol. The van der Waals surface area contributed by atoms with Gasteiger partial charge in [0.1, 0.15) is 0 Å². The highest BCUT2D eigenvalue weighted by atomic mass is 32.1. The first kappa shape index (κ1) is 17.0. The molecule has 1 fully saturated rings. The average molecular weight is 348 g/mol. The lowest BCUT2D eigenvalue weighted by Gasteiger charge is -2.23. The van der Waals surface area contributed by atoms with Gasteiger partial charge in [0.2, 0.25) is 0 Å². The number of carbonyl (C=O) groups is 1. The Hall–Kier alpha value is -1.80. The van der Waals surface area contributed by atoms with Gasteiger partial charge in [-0.2, -0.15) is 0 Å². The van der Waals surface area contributed by atoms with Gasteiger partial charge in [-0.1, -0.05) is 5.21 Å². The molecule has 2 N–H and O–H groups in total. The molecule has 1 aliphatic rings. The Morgan fingerprint density at radius 1 is 1.33 bits per heavy atom. The number of aryl methyl sites for hydroxylation is 2. The van der Waals surface area contributed by atoms with E-state index >= 15 is 0 Å². The van der Waals surface area contributed by atoms with Crippen molar-refractivity contribution in [1.29, 1.82) is 0 Å². The van der Waals surface area contributed by atoms with Crippen LogP contribution >= 0.6 is 11.3 Å². The fourth-order valence-corrected chi connectivity index (χ4v) is 4.06. The topological polar surface area (TPSA) is 84.7 Å². The molecule has 2 aromatic rings. The minimum absolute atomic E-state index is 0.147. The number of hydrogen-bond donors (Lipinski definition) is 2. The van der Waals surface area contributed by atoms with E-state index in [-0.39, 0.29) is 5.91 Å². The molecule has 0 unspecified atom stereocenters. The van der Waals surface area contributed by atoms with Crippen molar-refractivity contribution in [3.63, 3.8) is 0 Å². The molecule has 0 spiro atoms. The summed E-state index contributed by atoms with van der Waals surface area (Å²) in [5.74, 6) is -0.147. The summed E-state index contributed by atoms with van der Waals surface area (Å²) < 4.78 is 1.91. The molecule has 1 amide bonds. The lowest BCUT2D eigenvalue weighted by Crippen LogP contribution is -2.30. The van der Waals surface area contributed by atoms with E-state index in [9.17, 15) is 4.79 Å². The van der Waals surface area contributed by atoms with Gasteiger partial charge in [0.25, 0.3) is 5.91 Å². The van der Waals surface area contributed by atoms with Gasteiger partial charge in [0.15, 0.2) is 5.69 Å². The van der Waals surface area contributed by atoms with Gasteiger partial charge in [-0.3, -0.25) is 4.79 Å². The fraction of sp³-hybridized carbons (Fsp3) is 0.625. The zero-order chi connectivity index (χ0) is 17.1. The maximum absolute atomic E-state index is 12.4. The molecule has 2 aromatic heterocycles. The Morgan fingerprint density at radius 3 is 2.75 bits per heavy atom. The van der Waals surface area contributed by atoms with E-state index in [0.717, 1.165) is 48.7 Å². The fourth-order valence-electron chi connectivity index (χ4n) is 3.13. The third-order valence-electron chi connectivity index (χ3n) is 4.43. The van der Waals surface area contributed by atoms with Crippen molar-refractivity contribution in [3.8, 4) is 0 Å². The van der Waals surface area contributed by atoms with Crippen LogP contribution in [0.4, 0.5) is 0 Å². The molecule has 3 rings (SSSR count). The molecule has 0 aromatic carbocycles. The number of thiazole rings is 1. The van der Waals surface area contributed by atoms with Crippen molar-refractivity contribution in [2.24, 2.45) is 0 Å². The standard InChI is InChI=1S/C16H24N6OS/c1-10-14(24-12(3)19-10)6-9-18-16(23)15-11(2)22(21-20-15)13-4-7-17-8-5-13/h13,17H,4-9H2,1-3H3,(H,18,23). The summed E-state index contributed by atoms with van der Waals surface area (Å²) in [6.07, 6.45) is 2.84. The Balaban J connectivity index is 1.59. The van der Waals surface area contributed by atoms with Crippen LogP contribution in [0, 0.1) is 20.8 Å². The molecule has 0 atom stereocenters. The summed E-state index contributed by atoms with van der Waals surface area (Å²) in [5.41, 5.74) is 2.34. The molecular formula is C16H24N6OS. The highest BCUT2D eigenvalue weighted by Crippen LogP contribution is 2.20. The van der Waals surface area contributed by atoms with Crippen LogP contribution in [-0.2, 0) is 6.42 Å². The van der Waals surface area contributed by atoms with Crippen molar-refractivity contribution in [3.05, 3.63) is 27.0 Å². The molecule has 130 valence electrons. The van der Waals surface area contributed by atoms with Gasteiger partial charge >= 0.3 is 0 Å². The number of aromatic nitrogens is 4. The molecule has 24 heavy (non-hydrogen) atoms. The first-order valence-corrected chi connectivity index (χ1v) is 9.21. The molecule has 0 saturated carbocycles. The third-order valence-corrected chi connectivity index (χ3v) is 5.57. The number of carbonyl (C=O) groups excluding carboxylic acids is 1. The van der Waals surface area contributed by atoms with Crippen molar-refractivity contribution >= 4 is 17.2 Å². The summed E-state index contributed by atoms with van der Waals surface area (Å²) in [6.45, 7) is 8.49. The molecule has 1 saturated heterocycles. The number of nitrogens with zero attached hydrogens (tertiary/aromatic N) is 4. The van der Waals surface area contributed by atoms with E-state index in [1.54, 1.807) is 11.3 Å². The number of hydrogen-bond acceptors (Lipinski definition) is 6. The Morgan fingerprint density at radius 2 is 2.08 bits per heavy atom. The van der Waals surface area contributed by atoms with Crippen LogP contribution in [0.5, 0.6) is 0 Å². The van der Waals surface area contributed by atoms with Crippen LogP contribution in [0.2, 0.25) is 0 Å². The smallest absolute Gasteiger partial charge is 0.273 e. The van der Waals surface area contributed by atoms with Crippen molar-refractivity contribution in [1.82, 2.24) is 30.6 Å².